The predicted molar refractivity (Wildman–Crippen MR) is 117 cm³/mol. The summed E-state index contributed by atoms with van der Waals surface area (Å²) in [6.45, 7) is 3.97. The summed E-state index contributed by atoms with van der Waals surface area (Å²) < 4.78 is 29.8. The van der Waals surface area contributed by atoms with Gasteiger partial charge in [0.05, 0.1) is 12.4 Å². The average Bonchev–Trinajstić information content (AvgIpc) is 3.27. The molecule has 13 nitrogen and oxygen atoms in total. The Morgan fingerprint density at radius 3 is 2.88 bits per heavy atom. The lowest BCUT2D eigenvalue weighted by molar-refractivity contribution is -0.149. The molecule has 1 aliphatic heterocycles. The molecule has 1 fully saturated rings. The highest BCUT2D eigenvalue weighted by Crippen LogP contribution is 2.43. The molecule has 2 aromatic rings. The van der Waals surface area contributed by atoms with Crippen molar-refractivity contribution in [1.82, 2.24) is 24.6 Å². The van der Waals surface area contributed by atoms with Crippen LogP contribution in [0.4, 0.5) is 5.82 Å². The number of nitrogens with two attached hydrogens (primary N) is 1. The van der Waals surface area contributed by atoms with Gasteiger partial charge in [0.25, 0.3) is 0 Å². The lowest BCUT2D eigenvalue weighted by Gasteiger charge is -2.28. The minimum Gasteiger partial charge on any atom is -0.462 e. The van der Waals surface area contributed by atoms with E-state index in [0.717, 1.165) is 0 Å². The Balaban J connectivity index is 1.74. The Kier molecular flexibility index (Phi) is 7.30. The Morgan fingerprint density at radius 2 is 2.24 bits per heavy atom. The third-order valence-electron chi connectivity index (χ3n) is 4.80. The zero-order chi connectivity index (χ0) is 24.6. The van der Waals surface area contributed by atoms with E-state index < -0.39 is 50.4 Å². The molecule has 180 valence electrons. The Bertz CT molecular complexity index is 1140. The molecule has 0 saturated carbocycles. The summed E-state index contributed by atoms with van der Waals surface area (Å²) in [5.41, 5.74) is 4.56. The fraction of sp³-hybridized carbons (Fsp3) is 0.556. The van der Waals surface area contributed by atoms with E-state index in [1.807, 2.05) is 0 Å². The Hall–Kier alpha value is -2.30. The molecule has 33 heavy (non-hydrogen) atoms. The summed E-state index contributed by atoms with van der Waals surface area (Å²) in [5.74, 6) is 1.62. The van der Waals surface area contributed by atoms with E-state index in [1.165, 1.54) is 17.8 Å². The van der Waals surface area contributed by atoms with Gasteiger partial charge in [0, 0.05) is 6.42 Å². The van der Waals surface area contributed by atoms with Crippen molar-refractivity contribution in [2.75, 3.05) is 12.3 Å². The fourth-order valence-electron chi connectivity index (χ4n) is 3.20. The highest BCUT2D eigenvalue weighted by Gasteiger charge is 2.49. The minimum atomic E-state index is -4.52. The summed E-state index contributed by atoms with van der Waals surface area (Å²) in [5, 5.41) is 12.7. The van der Waals surface area contributed by atoms with Crippen LogP contribution in [-0.2, 0) is 23.4 Å². The molecule has 0 bridgehead atoms. The third kappa shape index (κ3) is 5.44. The smallest absolute Gasteiger partial charge is 0.403 e. The van der Waals surface area contributed by atoms with Crippen LogP contribution in [0, 0.1) is 12.3 Å². The number of esters is 1. The molecular weight excluding hydrogens is 479 g/mol. The van der Waals surface area contributed by atoms with Gasteiger partial charge in [-0.3, -0.25) is 13.9 Å². The van der Waals surface area contributed by atoms with Gasteiger partial charge < -0.3 is 25.2 Å². The van der Waals surface area contributed by atoms with Crippen LogP contribution in [0.3, 0.4) is 0 Å². The van der Waals surface area contributed by atoms with Gasteiger partial charge in [-0.15, -0.1) is 6.42 Å². The van der Waals surface area contributed by atoms with Crippen LogP contribution in [0.25, 0.3) is 11.2 Å². The first-order valence-electron chi connectivity index (χ1n) is 9.82. The molecule has 0 aliphatic carbocycles. The molecule has 3 rings (SSSR count). The van der Waals surface area contributed by atoms with E-state index in [-0.39, 0.29) is 28.7 Å². The number of halogens is 1. The van der Waals surface area contributed by atoms with Gasteiger partial charge in [0.1, 0.15) is 30.5 Å². The van der Waals surface area contributed by atoms with E-state index in [2.05, 4.69) is 26.0 Å². The molecule has 3 heterocycles. The number of imidazole rings is 1. The maximum atomic E-state index is 12.4. The van der Waals surface area contributed by atoms with E-state index in [9.17, 15) is 19.4 Å². The first-order chi connectivity index (χ1) is 15.4. The molecule has 0 spiro atoms. The number of aromatic nitrogens is 4. The molecule has 5 N–H and O–H groups in total. The van der Waals surface area contributed by atoms with E-state index in [4.69, 9.17) is 37.8 Å². The van der Waals surface area contributed by atoms with Gasteiger partial charge in [-0.2, -0.15) is 9.97 Å². The molecular formula is C18H24ClN6O7P. The van der Waals surface area contributed by atoms with Gasteiger partial charge in [0.2, 0.25) is 5.28 Å². The van der Waals surface area contributed by atoms with E-state index in [0.29, 0.717) is 0 Å². The number of carbonyl (C=O) groups excluding carboxylic acids is 1. The number of nitrogens with zero attached hydrogens (tertiary/aromatic N) is 4. The number of aliphatic hydroxyl groups excluding tert-OH is 1. The molecule has 0 aromatic carbocycles. The number of nitrogen functional groups attached to an aromatic ring is 1. The highest BCUT2D eigenvalue weighted by atomic mass is 35.5. The minimum absolute atomic E-state index is 0.0131. The Labute approximate surface area is 194 Å². The number of rotatable bonds is 8. The second-order valence-corrected chi connectivity index (χ2v) is 9.59. The largest absolute Gasteiger partial charge is 0.462 e. The molecule has 1 aliphatic rings. The molecule has 2 aromatic heterocycles. The maximum Gasteiger partial charge on any atom is 0.403 e. The van der Waals surface area contributed by atoms with Crippen molar-refractivity contribution in [1.29, 1.82) is 0 Å². The normalized spacial score (nSPS) is 25.6. The standard InChI is InChI=1S/C18H24ClN6O7P/c1-5-18(7-30-33(28,29)24-10(4)16(27)31-9(2)3)11(26)6-12(32-18)25-8-21-13-14(20)22-17(19)23-15(13)25/h1,8-12,26H,6-7H2,2-4H3,(H2,20,22,23)(H2,24,28,29)/t10-,11-,12+,18+/m0/s1. The predicted octanol–water partition coefficient (Wildman–Crippen LogP) is 0.760. The van der Waals surface area contributed by atoms with Crippen molar-refractivity contribution >= 4 is 42.3 Å². The number of anilines is 1. The van der Waals surface area contributed by atoms with Crippen molar-refractivity contribution in [3.63, 3.8) is 0 Å². The van der Waals surface area contributed by atoms with Gasteiger partial charge in [-0.05, 0) is 32.4 Å². The van der Waals surface area contributed by atoms with Gasteiger partial charge >= 0.3 is 13.7 Å². The van der Waals surface area contributed by atoms with Crippen molar-refractivity contribution in [2.24, 2.45) is 0 Å². The number of terminal acetylenes is 1. The summed E-state index contributed by atoms with van der Waals surface area (Å²) in [4.78, 5) is 34.0. The van der Waals surface area contributed by atoms with Crippen LogP contribution in [-0.4, -0.2) is 65.9 Å². The van der Waals surface area contributed by atoms with Crippen LogP contribution in [0.2, 0.25) is 5.28 Å². The molecule has 0 radical (unpaired) electrons. The van der Waals surface area contributed by atoms with E-state index >= 15 is 0 Å². The lowest BCUT2D eigenvalue weighted by atomic mass is 9.99. The van der Waals surface area contributed by atoms with Crippen LogP contribution in [0.5, 0.6) is 0 Å². The number of ether oxygens (including phenoxy) is 2. The lowest BCUT2D eigenvalue weighted by Crippen LogP contribution is -2.43. The number of hydrogen-bond acceptors (Lipinski definition) is 10. The number of carbonyl (C=O) groups is 1. The second-order valence-electron chi connectivity index (χ2n) is 7.69. The summed E-state index contributed by atoms with van der Waals surface area (Å²) in [6.07, 6.45) is 4.42. The van der Waals surface area contributed by atoms with Crippen LogP contribution in [0.1, 0.15) is 33.4 Å². The van der Waals surface area contributed by atoms with Gasteiger partial charge in [-0.1, -0.05) is 5.92 Å². The quantitative estimate of drug-likeness (QED) is 0.172. The molecule has 5 atom stereocenters. The summed E-state index contributed by atoms with van der Waals surface area (Å²) >= 11 is 5.88. The topological polar surface area (TPSA) is 184 Å². The molecule has 1 unspecified atom stereocenters. The SMILES string of the molecule is C#C[C@]1(COP(=O)(O)N[C@@H](C)C(=O)OC(C)C)O[C@@H](n2cnc3c(N)nc(Cl)nc32)C[C@@H]1O. The van der Waals surface area contributed by atoms with Crippen molar-refractivity contribution in [3.8, 4) is 12.3 Å². The first-order valence-corrected chi connectivity index (χ1v) is 11.8. The van der Waals surface area contributed by atoms with Crippen molar-refractivity contribution < 1.29 is 33.4 Å². The average molecular weight is 503 g/mol. The van der Waals surface area contributed by atoms with Crippen LogP contribution in [0.15, 0.2) is 6.33 Å². The number of nitrogens with one attached hydrogen (secondary N) is 1. The number of aliphatic hydroxyl groups is 1. The first kappa shape index (κ1) is 25.3. The fourth-order valence-corrected chi connectivity index (χ4v) is 4.40. The highest BCUT2D eigenvalue weighted by molar-refractivity contribution is 7.50. The van der Waals surface area contributed by atoms with E-state index in [1.54, 1.807) is 13.8 Å². The summed E-state index contributed by atoms with van der Waals surface area (Å²) in [7, 11) is -4.52. The maximum absolute atomic E-state index is 12.4. The van der Waals surface area contributed by atoms with Gasteiger partial charge in [0.15, 0.2) is 17.1 Å². The van der Waals surface area contributed by atoms with Crippen molar-refractivity contribution in [2.45, 2.75) is 57.3 Å². The van der Waals surface area contributed by atoms with Gasteiger partial charge in [-0.25, -0.2) is 14.6 Å². The monoisotopic (exact) mass is 502 g/mol. The zero-order valence-electron chi connectivity index (χ0n) is 18.0. The molecule has 1 saturated heterocycles. The molecule has 15 heteroatoms. The van der Waals surface area contributed by atoms with Crippen LogP contribution >= 0.6 is 19.3 Å². The van der Waals surface area contributed by atoms with Crippen LogP contribution < -0.4 is 10.8 Å². The Morgan fingerprint density at radius 1 is 1.55 bits per heavy atom. The number of fused-ring (bicyclic) bond motifs is 1. The third-order valence-corrected chi connectivity index (χ3v) is 6.16. The zero-order valence-corrected chi connectivity index (χ0v) is 19.7. The number of hydrogen-bond donors (Lipinski definition) is 4. The molecule has 0 amide bonds. The van der Waals surface area contributed by atoms with Crippen molar-refractivity contribution in [3.05, 3.63) is 11.6 Å². The summed E-state index contributed by atoms with van der Waals surface area (Å²) in [6, 6.07) is -1.14. The second kappa shape index (κ2) is 9.52.